The highest BCUT2D eigenvalue weighted by Crippen LogP contribution is 2.52. The largest absolute Gasteiger partial charge is 0.463 e. The number of carbonyl (C=O) groups excluding carboxylic acids is 5. The standard InChI is InChI=1S/C43H47N3O10/c47-36(18-19-37(48)56-46-40(49)38-31-16-17-32(30-31)39(38)41(46)50)54-28-26-52-24-25-53-27-29-55-42(51)44-20-22-45(23-21-44)43(33-10-4-1-5-11-33,34-12-6-2-7-13-34)35-14-8-3-9-15-35/h1-17,31-32,38-39H,18-30H2/t31-,32+,38-,39?/m1/s1. The molecule has 1 unspecified atom stereocenters. The third-order valence-corrected chi connectivity index (χ3v) is 11.1. The van der Waals surface area contributed by atoms with Gasteiger partial charge in [0, 0.05) is 26.2 Å². The van der Waals surface area contributed by atoms with E-state index < -0.39 is 41.1 Å². The quantitative estimate of drug-likeness (QED) is 0.0637. The van der Waals surface area contributed by atoms with E-state index in [0.29, 0.717) is 31.2 Å². The maximum Gasteiger partial charge on any atom is 0.409 e. The minimum atomic E-state index is -0.849. The Morgan fingerprint density at radius 1 is 0.571 bits per heavy atom. The summed E-state index contributed by atoms with van der Waals surface area (Å²) in [6.07, 6.45) is 3.71. The van der Waals surface area contributed by atoms with Gasteiger partial charge in [-0.05, 0) is 34.9 Å². The van der Waals surface area contributed by atoms with Gasteiger partial charge >= 0.3 is 18.0 Å². The molecule has 3 aromatic rings. The van der Waals surface area contributed by atoms with Crippen LogP contribution in [0.2, 0.25) is 0 Å². The fourth-order valence-electron chi connectivity index (χ4n) is 8.51. The van der Waals surface area contributed by atoms with Crippen molar-refractivity contribution >= 4 is 29.8 Å². The van der Waals surface area contributed by atoms with E-state index in [1.807, 2.05) is 30.4 Å². The minimum absolute atomic E-state index is 0.00604. The number of nitrogens with zero attached hydrogens (tertiary/aromatic N) is 3. The van der Waals surface area contributed by atoms with Gasteiger partial charge in [0.15, 0.2) is 0 Å². The average molecular weight is 766 g/mol. The fourth-order valence-corrected chi connectivity index (χ4v) is 8.51. The van der Waals surface area contributed by atoms with Gasteiger partial charge in [-0.2, -0.15) is 0 Å². The van der Waals surface area contributed by atoms with Crippen molar-refractivity contribution in [3.8, 4) is 0 Å². The number of hydrogen-bond donors (Lipinski definition) is 0. The summed E-state index contributed by atoms with van der Waals surface area (Å²) in [5, 5.41) is 0.575. The summed E-state index contributed by atoms with van der Waals surface area (Å²) in [5.41, 5.74) is 2.95. The van der Waals surface area contributed by atoms with Gasteiger partial charge < -0.3 is 28.7 Å². The lowest BCUT2D eigenvalue weighted by atomic mass is 9.75. The Labute approximate surface area is 326 Å². The Balaban J connectivity index is 0.753. The number of amides is 3. The number of piperazine rings is 1. The first-order valence-electron chi connectivity index (χ1n) is 19.3. The van der Waals surface area contributed by atoms with Crippen LogP contribution in [-0.2, 0) is 48.5 Å². The molecule has 4 aliphatic rings. The van der Waals surface area contributed by atoms with Gasteiger partial charge in [0.2, 0.25) is 0 Å². The summed E-state index contributed by atoms with van der Waals surface area (Å²) in [6, 6.07) is 31.5. The van der Waals surface area contributed by atoms with Crippen LogP contribution in [0, 0.1) is 23.7 Å². The molecule has 3 aromatic carbocycles. The Kier molecular flexibility index (Phi) is 12.5. The van der Waals surface area contributed by atoms with E-state index >= 15 is 0 Å². The molecule has 294 valence electrons. The zero-order chi connectivity index (χ0) is 38.9. The summed E-state index contributed by atoms with van der Waals surface area (Å²) < 4.78 is 21.6. The van der Waals surface area contributed by atoms with Crippen LogP contribution in [0.3, 0.4) is 0 Å². The smallest absolute Gasteiger partial charge is 0.409 e. The molecule has 0 N–H and O–H groups in total. The summed E-state index contributed by atoms with van der Waals surface area (Å²) in [5.74, 6) is -3.39. The highest BCUT2D eigenvalue weighted by Gasteiger charge is 2.61. The molecule has 56 heavy (non-hydrogen) atoms. The first kappa shape index (κ1) is 38.9. The van der Waals surface area contributed by atoms with E-state index in [2.05, 4.69) is 77.7 Å². The number of rotatable bonds is 17. The fraction of sp³-hybridized carbons (Fsp3) is 0.419. The second kappa shape index (κ2) is 18.1. The van der Waals surface area contributed by atoms with Gasteiger partial charge in [0.1, 0.15) is 13.2 Å². The summed E-state index contributed by atoms with van der Waals surface area (Å²) in [7, 11) is 0. The second-order valence-electron chi connectivity index (χ2n) is 14.3. The number of hydrogen-bond acceptors (Lipinski definition) is 11. The average Bonchev–Trinajstić information content (AvgIpc) is 3.93. The molecular weight excluding hydrogens is 718 g/mol. The number of imide groups is 1. The van der Waals surface area contributed by atoms with E-state index in [0.717, 1.165) is 23.1 Å². The van der Waals surface area contributed by atoms with E-state index in [1.165, 1.54) is 0 Å². The molecule has 7 rings (SSSR count). The second-order valence-corrected chi connectivity index (χ2v) is 14.3. The molecule has 0 spiro atoms. The van der Waals surface area contributed by atoms with E-state index in [4.69, 9.17) is 23.8 Å². The van der Waals surface area contributed by atoms with Crippen molar-refractivity contribution in [1.29, 1.82) is 0 Å². The Hall–Kier alpha value is -5.37. The van der Waals surface area contributed by atoms with E-state index in [-0.39, 0.29) is 70.4 Å². The number of hydroxylamine groups is 2. The van der Waals surface area contributed by atoms with Gasteiger partial charge in [0.05, 0.1) is 56.6 Å². The van der Waals surface area contributed by atoms with Crippen LogP contribution in [-0.4, -0.2) is 111 Å². The SMILES string of the molecule is O=C(CCC(=O)ON1C(=O)C2[C@H]3C=C[C@H](C3)[C@H]2C1=O)OCCOCCOCCOC(=O)N1CCN(C(c2ccccc2)(c2ccccc2)c2ccccc2)CC1. The number of esters is 1. The van der Waals surface area contributed by atoms with Gasteiger partial charge in [-0.15, -0.1) is 5.06 Å². The lowest BCUT2D eigenvalue weighted by molar-refractivity contribution is -0.199. The molecule has 1 saturated carbocycles. The first-order chi connectivity index (χ1) is 27.4. The topological polar surface area (TPSA) is 141 Å². The third kappa shape index (κ3) is 8.25. The highest BCUT2D eigenvalue weighted by molar-refractivity contribution is 6.06. The van der Waals surface area contributed by atoms with Crippen molar-refractivity contribution in [3.63, 3.8) is 0 Å². The third-order valence-electron chi connectivity index (χ3n) is 11.1. The molecule has 2 bridgehead atoms. The van der Waals surface area contributed by atoms with Crippen LogP contribution in [0.5, 0.6) is 0 Å². The molecule has 0 radical (unpaired) electrons. The first-order valence-corrected chi connectivity index (χ1v) is 19.3. The molecule has 2 aliphatic heterocycles. The summed E-state index contributed by atoms with van der Waals surface area (Å²) >= 11 is 0. The van der Waals surface area contributed by atoms with Crippen molar-refractivity contribution in [3.05, 3.63) is 120 Å². The molecule has 0 aromatic heterocycles. The maximum absolute atomic E-state index is 13.0. The molecule has 13 heteroatoms. The van der Waals surface area contributed by atoms with Crippen LogP contribution in [0.15, 0.2) is 103 Å². The molecule has 3 amide bonds. The predicted octanol–water partition coefficient (Wildman–Crippen LogP) is 4.35. The lowest BCUT2D eigenvalue weighted by Gasteiger charge is -2.48. The molecule has 2 saturated heterocycles. The van der Waals surface area contributed by atoms with Crippen molar-refractivity contribution < 1.29 is 47.8 Å². The predicted molar refractivity (Wildman–Crippen MR) is 201 cm³/mol. The van der Waals surface area contributed by atoms with Crippen molar-refractivity contribution in [1.82, 2.24) is 14.9 Å². The number of carbonyl (C=O) groups is 5. The minimum Gasteiger partial charge on any atom is -0.463 e. The van der Waals surface area contributed by atoms with Crippen LogP contribution < -0.4 is 0 Å². The van der Waals surface area contributed by atoms with Gasteiger partial charge in [-0.1, -0.05) is 103 Å². The van der Waals surface area contributed by atoms with Crippen molar-refractivity contribution in [2.24, 2.45) is 23.7 Å². The number of benzene rings is 3. The molecule has 3 fully saturated rings. The van der Waals surface area contributed by atoms with E-state index in [9.17, 15) is 24.0 Å². The molecule has 4 atom stereocenters. The van der Waals surface area contributed by atoms with Gasteiger partial charge in [-0.3, -0.25) is 19.3 Å². The highest BCUT2D eigenvalue weighted by atomic mass is 16.7. The van der Waals surface area contributed by atoms with Crippen LogP contribution >= 0.6 is 0 Å². The molecule has 13 nitrogen and oxygen atoms in total. The van der Waals surface area contributed by atoms with Crippen LogP contribution in [0.4, 0.5) is 4.79 Å². The normalized spacial score (nSPS) is 21.6. The number of ether oxygens (including phenoxy) is 4. The van der Waals surface area contributed by atoms with Crippen molar-refractivity contribution in [2.75, 3.05) is 65.8 Å². The van der Waals surface area contributed by atoms with Crippen LogP contribution in [0.25, 0.3) is 0 Å². The Morgan fingerprint density at radius 3 is 1.52 bits per heavy atom. The Bertz CT molecular complexity index is 1740. The zero-order valence-corrected chi connectivity index (χ0v) is 31.2. The summed E-state index contributed by atoms with van der Waals surface area (Å²) in [6.45, 7) is 3.20. The van der Waals surface area contributed by atoms with Gasteiger partial charge in [0.25, 0.3) is 11.8 Å². The van der Waals surface area contributed by atoms with E-state index in [1.54, 1.807) is 4.90 Å². The van der Waals surface area contributed by atoms with Crippen molar-refractivity contribution in [2.45, 2.75) is 24.8 Å². The summed E-state index contributed by atoms with van der Waals surface area (Å²) in [4.78, 5) is 71.8. The monoisotopic (exact) mass is 765 g/mol. The number of fused-ring (bicyclic) bond motifs is 5. The zero-order valence-electron chi connectivity index (χ0n) is 31.2. The number of allylic oxidation sites excluding steroid dienone is 2. The lowest BCUT2D eigenvalue weighted by Crippen LogP contribution is -2.57. The molecule has 2 aliphatic carbocycles. The van der Waals surface area contributed by atoms with Crippen LogP contribution in [0.1, 0.15) is 36.0 Å². The molecule has 2 heterocycles. The molecular formula is C43H47N3O10. The van der Waals surface area contributed by atoms with Gasteiger partial charge in [-0.25, -0.2) is 9.59 Å². The Morgan fingerprint density at radius 2 is 1.02 bits per heavy atom. The maximum atomic E-state index is 13.0.